The second-order valence-corrected chi connectivity index (χ2v) is 7.82. The molecule has 3 rings (SSSR count). The number of halogens is 1. The molecule has 0 saturated carbocycles. The molecular formula is C26H22BrN3O4. The minimum absolute atomic E-state index is 0.0424. The van der Waals surface area contributed by atoms with Gasteiger partial charge in [0, 0.05) is 10.2 Å². The molecule has 0 radical (unpaired) electrons. The van der Waals surface area contributed by atoms with Gasteiger partial charge in [-0.2, -0.15) is 5.26 Å². The van der Waals surface area contributed by atoms with Crippen molar-refractivity contribution in [2.75, 3.05) is 23.8 Å². The van der Waals surface area contributed by atoms with E-state index < -0.39 is 5.91 Å². The number of hydrogen-bond donors (Lipinski definition) is 2. The number of nitriles is 1. The van der Waals surface area contributed by atoms with Crippen molar-refractivity contribution in [3.63, 3.8) is 0 Å². The van der Waals surface area contributed by atoms with E-state index in [4.69, 9.17) is 9.47 Å². The summed E-state index contributed by atoms with van der Waals surface area (Å²) in [4.78, 5) is 24.6. The fourth-order valence-corrected chi connectivity index (χ4v) is 3.26. The van der Waals surface area contributed by atoms with Crippen molar-refractivity contribution in [3.05, 3.63) is 88.4 Å². The lowest BCUT2D eigenvalue weighted by atomic mass is 10.1. The maximum atomic E-state index is 12.4. The van der Waals surface area contributed by atoms with Crippen molar-refractivity contribution in [1.29, 1.82) is 5.26 Å². The van der Waals surface area contributed by atoms with Crippen LogP contribution in [-0.2, 0) is 9.59 Å². The van der Waals surface area contributed by atoms with Gasteiger partial charge in [-0.25, -0.2) is 0 Å². The Morgan fingerprint density at radius 2 is 1.59 bits per heavy atom. The molecule has 7 nitrogen and oxygen atoms in total. The average molecular weight is 520 g/mol. The van der Waals surface area contributed by atoms with Gasteiger partial charge in [0.1, 0.15) is 23.1 Å². The number of rotatable bonds is 9. The van der Waals surface area contributed by atoms with Crippen molar-refractivity contribution in [2.24, 2.45) is 0 Å². The van der Waals surface area contributed by atoms with E-state index in [1.54, 1.807) is 66.7 Å². The topological polar surface area (TPSA) is 100 Å². The smallest absolute Gasteiger partial charge is 0.266 e. The van der Waals surface area contributed by atoms with Gasteiger partial charge in [-0.05, 0) is 83.0 Å². The first-order valence-corrected chi connectivity index (χ1v) is 11.2. The van der Waals surface area contributed by atoms with Crippen LogP contribution in [0, 0.1) is 11.3 Å². The summed E-state index contributed by atoms with van der Waals surface area (Å²) < 4.78 is 11.6. The first-order chi connectivity index (χ1) is 16.5. The number of nitrogens with zero attached hydrogens (tertiary/aromatic N) is 1. The summed E-state index contributed by atoms with van der Waals surface area (Å²) in [6, 6.07) is 22.8. The number of carbonyl (C=O) groups is 2. The number of hydrogen-bond acceptors (Lipinski definition) is 5. The summed E-state index contributed by atoms with van der Waals surface area (Å²) in [6.45, 7) is 2.31. The first kappa shape index (κ1) is 24.6. The third kappa shape index (κ3) is 7.22. The second-order valence-electron chi connectivity index (χ2n) is 6.97. The Kier molecular flexibility index (Phi) is 8.83. The predicted octanol–water partition coefficient (Wildman–Crippen LogP) is 5.41. The average Bonchev–Trinajstić information content (AvgIpc) is 2.84. The van der Waals surface area contributed by atoms with Crippen LogP contribution < -0.4 is 20.1 Å². The molecule has 172 valence electrons. The van der Waals surface area contributed by atoms with Crippen LogP contribution in [0.2, 0.25) is 0 Å². The lowest BCUT2D eigenvalue weighted by Gasteiger charge is -2.09. The van der Waals surface area contributed by atoms with Gasteiger partial charge in [-0.1, -0.05) is 24.3 Å². The van der Waals surface area contributed by atoms with Crippen LogP contribution in [0.4, 0.5) is 11.4 Å². The highest BCUT2D eigenvalue weighted by Crippen LogP contribution is 2.22. The van der Waals surface area contributed by atoms with Gasteiger partial charge in [0.25, 0.3) is 11.8 Å². The largest absolute Gasteiger partial charge is 0.494 e. The van der Waals surface area contributed by atoms with E-state index in [-0.39, 0.29) is 18.1 Å². The number of amides is 2. The van der Waals surface area contributed by atoms with Crippen LogP contribution in [-0.4, -0.2) is 25.0 Å². The van der Waals surface area contributed by atoms with E-state index in [1.807, 2.05) is 19.1 Å². The predicted molar refractivity (Wildman–Crippen MR) is 135 cm³/mol. The molecule has 2 amide bonds. The maximum absolute atomic E-state index is 12.4. The van der Waals surface area contributed by atoms with E-state index in [0.717, 1.165) is 5.75 Å². The standard InChI is InChI=1S/C26H22BrN3O4/c1-2-33-21-13-9-20(10-14-21)29-25(31)17-34-22-11-7-18(8-12-22)15-19(16-28)26(32)30-24-6-4-3-5-23(24)27/h3-15H,2,17H2,1H3,(H,29,31)(H,30,32)/b19-15+. The van der Waals surface area contributed by atoms with E-state index in [1.165, 1.54) is 6.08 Å². The fraction of sp³-hybridized carbons (Fsp3) is 0.115. The Labute approximate surface area is 206 Å². The zero-order valence-electron chi connectivity index (χ0n) is 18.4. The molecule has 0 aromatic heterocycles. The quantitative estimate of drug-likeness (QED) is 0.290. The van der Waals surface area contributed by atoms with Gasteiger partial charge in [0.2, 0.25) is 0 Å². The van der Waals surface area contributed by atoms with Crippen LogP contribution in [0.25, 0.3) is 6.08 Å². The molecule has 0 spiro atoms. The van der Waals surface area contributed by atoms with Crippen LogP contribution in [0.3, 0.4) is 0 Å². The van der Waals surface area contributed by atoms with Gasteiger partial charge in [-0.15, -0.1) is 0 Å². The van der Waals surface area contributed by atoms with Crippen LogP contribution in [0.15, 0.2) is 82.8 Å². The van der Waals surface area contributed by atoms with Gasteiger partial charge in [-0.3, -0.25) is 9.59 Å². The van der Waals surface area contributed by atoms with Crippen LogP contribution in [0.1, 0.15) is 12.5 Å². The lowest BCUT2D eigenvalue weighted by molar-refractivity contribution is -0.118. The number of nitrogens with one attached hydrogen (secondary N) is 2. The Hall–Kier alpha value is -4.09. The summed E-state index contributed by atoms with van der Waals surface area (Å²) in [5.41, 5.74) is 1.81. The minimum atomic E-state index is -0.513. The van der Waals surface area contributed by atoms with Crippen molar-refractivity contribution < 1.29 is 19.1 Å². The van der Waals surface area contributed by atoms with Gasteiger partial charge >= 0.3 is 0 Å². The zero-order valence-corrected chi connectivity index (χ0v) is 20.0. The van der Waals surface area contributed by atoms with Gasteiger partial charge < -0.3 is 20.1 Å². The third-order valence-corrected chi connectivity index (χ3v) is 5.19. The molecule has 8 heteroatoms. The highest BCUT2D eigenvalue weighted by atomic mass is 79.9. The summed E-state index contributed by atoms with van der Waals surface area (Å²) in [6.07, 6.45) is 1.48. The van der Waals surface area contributed by atoms with E-state index >= 15 is 0 Å². The van der Waals surface area contributed by atoms with E-state index in [9.17, 15) is 14.9 Å². The lowest BCUT2D eigenvalue weighted by Crippen LogP contribution is -2.20. The molecule has 3 aromatic carbocycles. The fourth-order valence-electron chi connectivity index (χ4n) is 2.87. The molecule has 0 unspecified atom stereocenters. The number of para-hydroxylation sites is 1. The molecule has 0 bridgehead atoms. The molecule has 0 aliphatic rings. The summed E-state index contributed by atoms with van der Waals surface area (Å²) in [7, 11) is 0. The molecule has 0 aliphatic carbocycles. The van der Waals surface area contributed by atoms with Crippen molar-refractivity contribution in [1.82, 2.24) is 0 Å². The zero-order chi connectivity index (χ0) is 24.3. The number of anilines is 2. The first-order valence-electron chi connectivity index (χ1n) is 10.4. The molecule has 3 aromatic rings. The molecule has 0 heterocycles. The summed E-state index contributed by atoms with van der Waals surface area (Å²) in [5, 5.41) is 14.9. The van der Waals surface area contributed by atoms with Gasteiger partial charge in [0.15, 0.2) is 6.61 Å². The van der Waals surface area contributed by atoms with Crippen molar-refractivity contribution >= 4 is 45.2 Å². The Bertz CT molecular complexity index is 1220. The number of benzene rings is 3. The Morgan fingerprint density at radius 3 is 2.24 bits per heavy atom. The monoisotopic (exact) mass is 519 g/mol. The molecule has 34 heavy (non-hydrogen) atoms. The summed E-state index contributed by atoms with van der Waals surface area (Å²) in [5.74, 6) is 0.398. The molecule has 0 fully saturated rings. The van der Waals surface area contributed by atoms with Gasteiger partial charge in [0.05, 0.1) is 12.3 Å². The Balaban J connectivity index is 1.54. The number of carbonyl (C=O) groups excluding carboxylic acids is 2. The van der Waals surface area contributed by atoms with Crippen LogP contribution in [0.5, 0.6) is 11.5 Å². The molecule has 0 saturated heterocycles. The van der Waals surface area contributed by atoms with E-state index in [2.05, 4.69) is 26.6 Å². The highest BCUT2D eigenvalue weighted by Gasteiger charge is 2.11. The normalized spacial score (nSPS) is 10.7. The molecule has 2 N–H and O–H groups in total. The summed E-state index contributed by atoms with van der Waals surface area (Å²) >= 11 is 3.36. The van der Waals surface area contributed by atoms with Crippen molar-refractivity contribution in [2.45, 2.75) is 6.92 Å². The third-order valence-electron chi connectivity index (χ3n) is 4.50. The number of ether oxygens (including phenoxy) is 2. The second kappa shape index (κ2) is 12.2. The molecular weight excluding hydrogens is 498 g/mol. The van der Waals surface area contributed by atoms with E-state index in [0.29, 0.717) is 33.8 Å². The minimum Gasteiger partial charge on any atom is -0.494 e. The SMILES string of the molecule is CCOc1ccc(NC(=O)COc2ccc(/C=C(\C#N)C(=O)Nc3ccccc3Br)cc2)cc1. The molecule has 0 aliphatic heterocycles. The maximum Gasteiger partial charge on any atom is 0.266 e. The molecule has 0 atom stereocenters. The van der Waals surface area contributed by atoms with Crippen molar-refractivity contribution in [3.8, 4) is 17.6 Å². The Morgan fingerprint density at radius 1 is 0.941 bits per heavy atom. The van der Waals surface area contributed by atoms with Crippen LogP contribution >= 0.6 is 15.9 Å². The highest BCUT2D eigenvalue weighted by molar-refractivity contribution is 9.10.